The SMILES string of the molecule is COc1ccccc1OCC(=O)OC(C)C(=O)Nc1sccc1C(N)=O. The first-order valence-corrected chi connectivity index (χ1v) is 8.43. The molecule has 1 heterocycles. The number of nitrogens with one attached hydrogen (secondary N) is 1. The summed E-state index contributed by atoms with van der Waals surface area (Å²) in [6, 6.07) is 8.33. The van der Waals surface area contributed by atoms with Gasteiger partial charge in [-0.25, -0.2) is 4.79 Å². The largest absolute Gasteiger partial charge is 0.493 e. The summed E-state index contributed by atoms with van der Waals surface area (Å²) in [4.78, 5) is 35.2. The molecule has 8 nitrogen and oxygen atoms in total. The molecule has 0 saturated heterocycles. The minimum Gasteiger partial charge on any atom is -0.493 e. The van der Waals surface area contributed by atoms with E-state index in [2.05, 4.69) is 5.32 Å². The van der Waals surface area contributed by atoms with Gasteiger partial charge in [0.2, 0.25) is 0 Å². The predicted octanol–water partition coefficient (Wildman–Crippen LogP) is 1.80. The average molecular weight is 378 g/mol. The van der Waals surface area contributed by atoms with Crippen molar-refractivity contribution in [2.24, 2.45) is 5.73 Å². The zero-order valence-electron chi connectivity index (χ0n) is 14.2. The Labute approximate surface area is 153 Å². The Morgan fingerprint density at radius 1 is 1.19 bits per heavy atom. The molecular formula is C17H18N2O6S. The maximum atomic E-state index is 12.1. The van der Waals surface area contributed by atoms with E-state index in [1.54, 1.807) is 29.6 Å². The van der Waals surface area contributed by atoms with Gasteiger partial charge in [-0.15, -0.1) is 11.3 Å². The van der Waals surface area contributed by atoms with Crippen LogP contribution in [-0.2, 0) is 14.3 Å². The van der Waals surface area contributed by atoms with Gasteiger partial charge >= 0.3 is 5.97 Å². The molecule has 26 heavy (non-hydrogen) atoms. The first-order valence-electron chi connectivity index (χ1n) is 7.55. The minimum absolute atomic E-state index is 0.196. The van der Waals surface area contributed by atoms with E-state index in [1.807, 2.05) is 0 Å². The second-order valence-electron chi connectivity index (χ2n) is 5.09. The molecule has 0 spiro atoms. The number of rotatable bonds is 8. The molecule has 0 aliphatic rings. The van der Waals surface area contributed by atoms with Gasteiger partial charge in [0.15, 0.2) is 24.2 Å². The highest BCUT2D eigenvalue weighted by atomic mass is 32.1. The van der Waals surface area contributed by atoms with Gasteiger partial charge in [-0.3, -0.25) is 9.59 Å². The fourth-order valence-corrected chi connectivity index (χ4v) is 2.77. The predicted molar refractivity (Wildman–Crippen MR) is 95.5 cm³/mol. The molecule has 0 radical (unpaired) electrons. The van der Waals surface area contributed by atoms with Crippen LogP contribution in [0.2, 0.25) is 0 Å². The minimum atomic E-state index is -1.08. The first-order chi connectivity index (χ1) is 12.4. The first kappa shape index (κ1) is 19.3. The molecule has 0 aliphatic carbocycles. The Bertz CT molecular complexity index is 804. The molecule has 0 bridgehead atoms. The van der Waals surface area contributed by atoms with Crippen molar-refractivity contribution in [3.8, 4) is 11.5 Å². The number of hydrogen-bond donors (Lipinski definition) is 2. The number of methoxy groups -OCH3 is 1. The number of hydrogen-bond acceptors (Lipinski definition) is 7. The van der Waals surface area contributed by atoms with Crippen molar-refractivity contribution in [2.75, 3.05) is 19.0 Å². The topological polar surface area (TPSA) is 117 Å². The van der Waals surface area contributed by atoms with Gasteiger partial charge in [0.1, 0.15) is 5.00 Å². The van der Waals surface area contributed by atoms with Gasteiger partial charge in [-0.1, -0.05) is 12.1 Å². The van der Waals surface area contributed by atoms with Gasteiger partial charge in [-0.2, -0.15) is 0 Å². The van der Waals surface area contributed by atoms with E-state index in [0.717, 1.165) is 11.3 Å². The number of para-hydroxylation sites is 2. The monoisotopic (exact) mass is 378 g/mol. The number of ether oxygens (including phenoxy) is 3. The van der Waals surface area contributed by atoms with Crippen molar-refractivity contribution in [1.82, 2.24) is 0 Å². The van der Waals surface area contributed by atoms with Crippen LogP contribution in [0, 0.1) is 0 Å². The molecule has 1 unspecified atom stereocenters. The van der Waals surface area contributed by atoms with E-state index >= 15 is 0 Å². The van der Waals surface area contributed by atoms with Crippen molar-refractivity contribution in [2.45, 2.75) is 13.0 Å². The van der Waals surface area contributed by atoms with Crippen molar-refractivity contribution < 1.29 is 28.6 Å². The number of carbonyl (C=O) groups excluding carboxylic acids is 3. The molecule has 2 aromatic rings. The summed E-state index contributed by atoms with van der Waals surface area (Å²) in [6.45, 7) is 1.03. The third-order valence-corrected chi connectivity index (χ3v) is 4.09. The third-order valence-electron chi connectivity index (χ3n) is 3.26. The maximum Gasteiger partial charge on any atom is 0.344 e. The lowest BCUT2D eigenvalue weighted by Gasteiger charge is -2.14. The highest BCUT2D eigenvalue weighted by Crippen LogP contribution is 2.26. The molecule has 1 aromatic heterocycles. The zero-order valence-corrected chi connectivity index (χ0v) is 15.0. The lowest BCUT2D eigenvalue weighted by atomic mass is 10.3. The number of nitrogens with two attached hydrogens (primary N) is 1. The molecule has 9 heteroatoms. The van der Waals surface area contributed by atoms with Gasteiger partial charge in [-0.05, 0) is 30.5 Å². The van der Waals surface area contributed by atoms with Crippen LogP contribution in [0.1, 0.15) is 17.3 Å². The van der Waals surface area contributed by atoms with Crippen molar-refractivity contribution in [1.29, 1.82) is 0 Å². The summed E-state index contributed by atoms with van der Waals surface area (Å²) in [6.07, 6.45) is -1.08. The normalized spacial score (nSPS) is 11.3. The van der Waals surface area contributed by atoms with Crippen molar-refractivity contribution >= 4 is 34.1 Å². The Balaban J connectivity index is 1.87. The van der Waals surface area contributed by atoms with Gasteiger partial charge in [0.25, 0.3) is 11.8 Å². The van der Waals surface area contributed by atoms with Crippen LogP contribution >= 0.6 is 11.3 Å². The fourth-order valence-electron chi connectivity index (χ4n) is 1.97. The number of thiophene rings is 1. The van der Waals surface area contributed by atoms with E-state index < -0.39 is 23.9 Å². The van der Waals surface area contributed by atoms with E-state index in [4.69, 9.17) is 19.9 Å². The van der Waals surface area contributed by atoms with Crippen LogP contribution in [0.15, 0.2) is 35.7 Å². The fraction of sp³-hybridized carbons (Fsp3) is 0.235. The molecule has 3 N–H and O–H groups in total. The number of benzene rings is 1. The Morgan fingerprint density at radius 3 is 2.54 bits per heavy atom. The highest BCUT2D eigenvalue weighted by Gasteiger charge is 2.21. The molecule has 0 fully saturated rings. The Morgan fingerprint density at radius 2 is 1.88 bits per heavy atom. The molecule has 0 aliphatic heterocycles. The number of amides is 2. The summed E-state index contributed by atoms with van der Waals surface area (Å²) >= 11 is 1.14. The lowest BCUT2D eigenvalue weighted by molar-refractivity contribution is -0.155. The van der Waals surface area contributed by atoms with Crippen molar-refractivity contribution in [3.05, 3.63) is 41.3 Å². The second kappa shape index (κ2) is 8.86. The summed E-state index contributed by atoms with van der Waals surface area (Å²) in [7, 11) is 1.48. The summed E-state index contributed by atoms with van der Waals surface area (Å²) in [5, 5.41) is 4.43. The summed E-state index contributed by atoms with van der Waals surface area (Å²) in [5.74, 6) is -1.10. The highest BCUT2D eigenvalue weighted by molar-refractivity contribution is 7.14. The second-order valence-corrected chi connectivity index (χ2v) is 6.00. The van der Waals surface area contributed by atoms with E-state index in [0.29, 0.717) is 16.5 Å². The van der Waals surface area contributed by atoms with E-state index in [-0.39, 0.29) is 12.2 Å². The molecule has 2 rings (SSSR count). The van der Waals surface area contributed by atoms with E-state index in [9.17, 15) is 14.4 Å². The standard InChI is InChI=1S/C17H18N2O6S/c1-10(16(22)19-17-11(15(18)21)7-8-26-17)25-14(20)9-24-13-6-4-3-5-12(13)23-2/h3-8,10H,9H2,1-2H3,(H2,18,21)(H,19,22). The van der Waals surface area contributed by atoms with Crippen LogP contribution in [0.3, 0.4) is 0 Å². The number of anilines is 1. The maximum absolute atomic E-state index is 12.1. The van der Waals surface area contributed by atoms with Crippen LogP contribution < -0.4 is 20.5 Å². The quantitative estimate of drug-likeness (QED) is 0.677. The third kappa shape index (κ3) is 4.96. The van der Waals surface area contributed by atoms with Crippen LogP contribution in [-0.4, -0.2) is 37.6 Å². The smallest absolute Gasteiger partial charge is 0.344 e. The molecule has 1 aromatic carbocycles. The van der Waals surface area contributed by atoms with Gasteiger partial charge < -0.3 is 25.3 Å². The van der Waals surface area contributed by atoms with Crippen LogP contribution in [0.4, 0.5) is 5.00 Å². The average Bonchev–Trinajstić information content (AvgIpc) is 3.08. The Kier molecular flexibility index (Phi) is 6.56. The van der Waals surface area contributed by atoms with Crippen molar-refractivity contribution in [3.63, 3.8) is 0 Å². The molecule has 2 amide bonds. The Hall–Kier alpha value is -3.07. The number of esters is 1. The summed E-state index contributed by atoms with van der Waals surface area (Å²) < 4.78 is 15.5. The zero-order chi connectivity index (χ0) is 19.1. The van der Waals surface area contributed by atoms with Crippen LogP contribution in [0.25, 0.3) is 0 Å². The number of primary amides is 1. The van der Waals surface area contributed by atoms with E-state index in [1.165, 1.54) is 20.1 Å². The lowest BCUT2D eigenvalue weighted by Crippen LogP contribution is -2.32. The molecule has 138 valence electrons. The van der Waals surface area contributed by atoms with Gasteiger partial charge in [0.05, 0.1) is 12.7 Å². The molecule has 0 saturated carbocycles. The molecule has 1 atom stereocenters. The molecular weight excluding hydrogens is 360 g/mol. The summed E-state index contributed by atoms with van der Waals surface area (Å²) in [5.41, 5.74) is 5.41. The number of carbonyl (C=O) groups is 3. The van der Waals surface area contributed by atoms with Gasteiger partial charge in [0, 0.05) is 0 Å². The van der Waals surface area contributed by atoms with Crippen LogP contribution in [0.5, 0.6) is 11.5 Å².